The molecule has 2 aromatic carbocycles. The normalized spacial score (nSPS) is 12.0. The molecule has 0 radical (unpaired) electrons. The van der Waals surface area contributed by atoms with Crippen molar-refractivity contribution in [2.75, 3.05) is 0 Å². The Kier molecular flexibility index (Phi) is 3.82. The average Bonchev–Trinajstić information content (AvgIpc) is 3.11. The summed E-state index contributed by atoms with van der Waals surface area (Å²) >= 11 is 0. The third kappa shape index (κ3) is 2.80. The van der Waals surface area contributed by atoms with Gasteiger partial charge in [0.05, 0.1) is 11.4 Å². The number of nitrogens with zero attached hydrogens (tertiary/aromatic N) is 1. The van der Waals surface area contributed by atoms with Gasteiger partial charge in [0.2, 0.25) is 0 Å². The van der Waals surface area contributed by atoms with Gasteiger partial charge in [0.25, 0.3) is 5.91 Å². The number of carbonyl (C=O) groups excluding carboxylic acids is 1. The van der Waals surface area contributed by atoms with Crippen molar-refractivity contribution in [1.29, 1.82) is 0 Å². The Labute approximate surface area is 145 Å². The summed E-state index contributed by atoms with van der Waals surface area (Å²) in [5.41, 5.74) is 11.8. The number of benzene rings is 2. The molecule has 0 saturated heterocycles. The molecule has 1 aliphatic carbocycles. The smallest absolute Gasteiger partial charge is 0.287 e. The number of aryl methyl sites for hydroxylation is 1. The number of fused-ring (bicyclic) bond motifs is 3. The molecule has 0 bridgehead atoms. The number of aromatic nitrogens is 2. The van der Waals surface area contributed by atoms with Gasteiger partial charge in [-0.1, -0.05) is 61.2 Å². The van der Waals surface area contributed by atoms with Gasteiger partial charge in [-0.25, -0.2) is 0 Å². The fourth-order valence-electron chi connectivity index (χ4n) is 3.15. The molecule has 0 atom stereocenters. The van der Waals surface area contributed by atoms with Gasteiger partial charge in [0, 0.05) is 11.1 Å². The number of H-pyrrole nitrogens is 1. The zero-order valence-electron chi connectivity index (χ0n) is 13.7. The lowest BCUT2D eigenvalue weighted by Crippen LogP contribution is -2.36. The van der Waals surface area contributed by atoms with Gasteiger partial charge in [-0.05, 0) is 24.0 Å². The Bertz CT molecular complexity index is 943. The summed E-state index contributed by atoms with van der Waals surface area (Å²) < 4.78 is 0. The molecule has 3 N–H and O–H groups in total. The standard InChI is InChI=1S/C20H18N4O/c1-13(14-7-3-2-4-8-14)21-24-20(25)19-17-12-11-15-9-5-6-10-16(15)18(17)22-23-19/h2-10,21H,1,11-12H2,(H,22,23)(H,24,25). The van der Waals surface area contributed by atoms with Crippen LogP contribution in [-0.4, -0.2) is 16.1 Å². The van der Waals surface area contributed by atoms with Crippen LogP contribution >= 0.6 is 0 Å². The minimum Gasteiger partial charge on any atom is -0.298 e. The average molecular weight is 330 g/mol. The maximum Gasteiger partial charge on any atom is 0.287 e. The molecule has 1 aromatic heterocycles. The predicted octanol–water partition coefficient (Wildman–Crippen LogP) is 3.08. The predicted molar refractivity (Wildman–Crippen MR) is 97.5 cm³/mol. The van der Waals surface area contributed by atoms with Crippen molar-refractivity contribution in [3.8, 4) is 11.3 Å². The topological polar surface area (TPSA) is 69.8 Å². The first-order chi connectivity index (χ1) is 12.2. The van der Waals surface area contributed by atoms with Gasteiger partial charge >= 0.3 is 0 Å². The largest absolute Gasteiger partial charge is 0.298 e. The molecule has 1 amide bonds. The van der Waals surface area contributed by atoms with Crippen LogP contribution in [0.3, 0.4) is 0 Å². The highest BCUT2D eigenvalue weighted by Crippen LogP contribution is 2.33. The van der Waals surface area contributed by atoms with Crippen LogP contribution in [0, 0.1) is 0 Å². The van der Waals surface area contributed by atoms with E-state index in [2.05, 4.69) is 33.7 Å². The van der Waals surface area contributed by atoms with Crippen molar-refractivity contribution in [1.82, 2.24) is 21.0 Å². The second kappa shape index (κ2) is 6.28. The van der Waals surface area contributed by atoms with Crippen LogP contribution in [0.4, 0.5) is 0 Å². The molecule has 1 aliphatic rings. The number of aromatic amines is 1. The van der Waals surface area contributed by atoms with E-state index in [1.54, 1.807) is 0 Å². The van der Waals surface area contributed by atoms with E-state index in [1.807, 2.05) is 48.5 Å². The van der Waals surface area contributed by atoms with Gasteiger partial charge in [-0.3, -0.25) is 20.7 Å². The summed E-state index contributed by atoms with van der Waals surface area (Å²) in [5, 5.41) is 7.26. The Morgan fingerprint density at radius 1 is 1.00 bits per heavy atom. The molecule has 25 heavy (non-hydrogen) atoms. The van der Waals surface area contributed by atoms with Crippen molar-refractivity contribution in [2.45, 2.75) is 12.8 Å². The van der Waals surface area contributed by atoms with Crippen molar-refractivity contribution in [3.05, 3.63) is 83.6 Å². The van der Waals surface area contributed by atoms with Crippen molar-refractivity contribution in [2.24, 2.45) is 0 Å². The van der Waals surface area contributed by atoms with E-state index >= 15 is 0 Å². The van der Waals surface area contributed by atoms with Crippen molar-refractivity contribution >= 4 is 11.6 Å². The molecule has 0 spiro atoms. The molecule has 3 aromatic rings. The van der Waals surface area contributed by atoms with Gasteiger partial charge in [-0.15, -0.1) is 0 Å². The highest BCUT2D eigenvalue weighted by molar-refractivity contribution is 5.96. The number of hydrazine groups is 1. The van der Waals surface area contributed by atoms with E-state index in [-0.39, 0.29) is 5.91 Å². The summed E-state index contributed by atoms with van der Waals surface area (Å²) in [6.07, 6.45) is 1.71. The van der Waals surface area contributed by atoms with Crippen LogP contribution in [-0.2, 0) is 12.8 Å². The molecule has 0 fully saturated rings. The first-order valence-corrected chi connectivity index (χ1v) is 8.20. The summed E-state index contributed by atoms with van der Waals surface area (Å²) in [6.45, 7) is 3.94. The highest BCUT2D eigenvalue weighted by atomic mass is 16.2. The molecular formula is C20H18N4O. The summed E-state index contributed by atoms with van der Waals surface area (Å²) in [5.74, 6) is -0.245. The first-order valence-electron chi connectivity index (χ1n) is 8.20. The van der Waals surface area contributed by atoms with E-state index in [0.717, 1.165) is 35.2 Å². The van der Waals surface area contributed by atoms with Crippen LogP contribution < -0.4 is 10.9 Å². The molecule has 0 saturated carbocycles. The van der Waals surface area contributed by atoms with Crippen LogP contribution in [0.25, 0.3) is 17.0 Å². The highest BCUT2D eigenvalue weighted by Gasteiger charge is 2.24. The van der Waals surface area contributed by atoms with E-state index in [1.165, 1.54) is 5.56 Å². The Morgan fingerprint density at radius 3 is 2.60 bits per heavy atom. The monoisotopic (exact) mass is 330 g/mol. The summed E-state index contributed by atoms with van der Waals surface area (Å²) in [7, 11) is 0. The van der Waals surface area contributed by atoms with Gasteiger partial charge < -0.3 is 0 Å². The van der Waals surface area contributed by atoms with Crippen LogP contribution in [0.1, 0.15) is 27.2 Å². The number of rotatable bonds is 4. The molecular weight excluding hydrogens is 312 g/mol. The fraction of sp³-hybridized carbons (Fsp3) is 0.100. The van der Waals surface area contributed by atoms with Gasteiger partial charge in [0.15, 0.2) is 0 Å². The third-order valence-electron chi connectivity index (χ3n) is 4.46. The second-order valence-corrected chi connectivity index (χ2v) is 6.01. The number of amides is 1. The number of hydrogen-bond donors (Lipinski definition) is 3. The number of nitrogens with one attached hydrogen (secondary N) is 3. The molecule has 0 aliphatic heterocycles. The minimum absolute atomic E-state index is 0.245. The number of carbonyl (C=O) groups is 1. The van der Waals surface area contributed by atoms with E-state index < -0.39 is 0 Å². The quantitative estimate of drug-likeness (QED) is 0.644. The Balaban J connectivity index is 1.51. The molecule has 5 nitrogen and oxygen atoms in total. The zero-order chi connectivity index (χ0) is 17.2. The molecule has 1 heterocycles. The van der Waals surface area contributed by atoms with Crippen molar-refractivity contribution in [3.63, 3.8) is 0 Å². The van der Waals surface area contributed by atoms with Crippen LogP contribution in [0.2, 0.25) is 0 Å². The van der Waals surface area contributed by atoms with Crippen LogP contribution in [0.5, 0.6) is 0 Å². The third-order valence-corrected chi connectivity index (χ3v) is 4.46. The Morgan fingerprint density at radius 2 is 1.76 bits per heavy atom. The zero-order valence-corrected chi connectivity index (χ0v) is 13.7. The summed E-state index contributed by atoms with van der Waals surface area (Å²) in [6, 6.07) is 17.8. The van der Waals surface area contributed by atoms with E-state index in [0.29, 0.717) is 11.4 Å². The fourth-order valence-corrected chi connectivity index (χ4v) is 3.15. The van der Waals surface area contributed by atoms with Crippen LogP contribution in [0.15, 0.2) is 61.2 Å². The molecule has 0 unspecified atom stereocenters. The number of hydrogen-bond acceptors (Lipinski definition) is 3. The minimum atomic E-state index is -0.245. The SMILES string of the molecule is C=C(NNC(=O)c1[nH]nc2c1CCc1ccccc1-2)c1ccccc1. The maximum absolute atomic E-state index is 12.5. The lowest BCUT2D eigenvalue weighted by Gasteiger charge is -2.16. The van der Waals surface area contributed by atoms with Gasteiger partial charge in [-0.2, -0.15) is 5.10 Å². The van der Waals surface area contributed by atoms with Gasteiger partial charge in [0.1, 0.15) is 5.69 Å². The maximum atomic E-state index is 12.5. The van der Waals surface area contributed by atoms with Crippen molar-refractivity contribution < 1.29 is 4.79 Å². The summed E-state index contributed by atoms with van der Waals surface area (Å²) in [4.78, 5) is 12.5. The molecule has 4 rings (SSSR count). The first kappa shape index (κ1) is 15.2. The van der Waals surface area contributed by atoms with E-state index in [4.69, 9.17) is 0 Å². The molecule has 124 valence electrons. The lowest BCUT2D eigenvalue weighted by atomic mass is 9.89. The Hall–Kier alpha value is -3.34. The second-order valence-electron chi connectivity index (χ2n) is 6.01. The molecule has 5 heteroatoms. The lowest BCUT2D eigenvalue weighted by molar-refractivity contribution is 0.0936. The van der Waals surface area contributed by atoms with E-state index in [9.17, 15) is 4.79 Å².